The average molecular weight is 343 g/mol. The molecule has 0 spiro atoms. The van der Waals surface area contributed by atoms with Crippen LogP contribution in [0.5, 0.6) is 11.5 Å². The number of ether oxygens (including phenoxy) is 2. The topological polar surface area (TPSA) is 72.0 Å². The Kier molecular flexibility index (Phi) is 5.22. The third-order valence-electron chi connectivity index (χ3n) is 3.36. The van der Waals surface area contributed by atoms with Crippen LogP contribution in [0.4, 0.5) is 0 Å². The van der Waals surface area contributed by atoms with Crippen molar-refractivity contribution in [2.24, 2.45) is 4.99 Å². The zero-order valence-electron chi connectivity index (χ0n) is 13.1. The fourth-order valence-electron chi connectivity index (χ4n) is 2.12. The number of hydrazine groups is 1. The maximum atomic E-state index is 12.2. The van der Waals surface area contributed by atoms with Crippen LogP contribution in [0.3, 0.4) is 0 Å². The third-order valence-corrected chi connectivity index (χ3v) is 3.98. The number of carbonyl (C=O) groups excluding carboxylic acids is 1. The molecule has 124 valence electrons. The van der Waals surface area contributed by atoms with Crippen LogP contribution in [-0.4, -0.2) is 24.1 Å². The van der Waals surface area contributed by atoms with Crippen LogP contribution in [0.15, 0.2) is 53.5 Å². The first-order chi connectivity index (χ1) is 11.8. The average Bonchev–Trinajstić information content (AvgIpc) is 3.10. The van der Waals surface area contributed by atoms with E-state index >= 15 is 0 Å². The molecule has 6 nitrogen and oxygen atoms in total. The van der Waals surface area contributed by atoms with E-state index in [9.17, 15) is 4.79 Å². The van der Waals surface area contributed by atoms with Gasteiger partial charge >= 0.3 is 0 Å². The van der Waals surface area contributed by atoms with Gasteiger partial charge in [0.05, 0.1) is 6.54 Å². The molecule has 2 N–H and O–H groups in total. The van der Waals surface area contributed by atoms with E-state index in [2.05, 4.69) is 15.8 Å². The van der Waals surface area contributed by atoms with Crippen LogP contribution in [0, 0.1) is 0 Å². The van der Waals surface area contributed by atoms with E-state index in [1.165, 1.54) is 11.8 Å². The van der Waals surface area contributed by atoms with Crippen LogP contribution in [0.1, 0.15) is 15.9 Å². The molecule has 0 aromatic heterocycles. The highest BCUT2D eigenvalue weighted by Gasteiger charge is 2.16. The number of rotatable bonds is 3. The molecule has 0 saturated heterocycles. The SMILES string of the molecule is CSC(=NCc1ccccc1)NNC(=O)c1ccc2c(c1)OCO2. The summed E-state index contributed by atoms with van der Waals surface area (Å²) in [6.45, 7) is 0.728. The molecule has 1 aliphatic heterocycles. The Morgan fingerprint density at radius 2 is 1.92 bits per heavy atom. The van der Waals surface area contributed by atoms with Gasteiger partial charge in [0.25, 0.3) is 5.91 Å². The number of carbonyl (C=O) groups is 1. The highest BCUT2D eigenvalue weighted by molar-refractivity contribution is 8.13. The Labute approximate surface area is 144 Å². The Balaban J connectivity index is 1.58. The summed E-state index contributed by atoms with van der Waals surface area (Å²) >= 11 is 1.43. The molecule has 2 aromatic carbocycles. The smallest absolute Gasteiger partial charge is 0.269 e. The fraction of sp³-hybridized carbons (Fsp3) is 0.176. The van der Waals surface area contributed by atoms with Gasteiger partial charge in [0.1, 0.15) is 0 Å². The van der Waals surface area contributed by atoms with Gasteiger partial charge in [-0.1, -0.05) is 42.1 Å². The van der Waals surface area contributed by atoms with Crippen LogP contribution >= 0.6 is 11.8 Å². The molecular formula is C17H17N3O3S. The minimum atomic E-state index is -0.269. The minimum Gasteiger partial charge on any atom is -0.454 e. The molecule has 3 rings (SSSR count). The molecule has 0 unspecified atom stereocenters. The van der Waals surface area contributed by atoms with Gasteiger partial charge in [-0.05, 0) is 30.0 Å². The number of nitrogens with one attached hydrogen (secondary N) is 2. The molecule has 0 saturated carbocycles. The second-order valence-electron chi connectivity index (χ2n) is 4.96. The Bertz CT molecular complexity index is 750. The molecular weight excluding hydrogens is 326 g/mol. The van der Waals surface area contributed by atoms with Gasteiger partial charge < -0.3 is 9.47 Å². The molecule has 2 aromatic rings. The number of amidine groups is 1. The highest BCUT2D eigenvalue weighted by Crippen LogP contribution is 2.32. The monoisotopic (exact) mass is 343 g/mol. The Hall–Kier alpha value is -2.67. The van der Waals surface area contributed by atoms with E-state index in [0.29, 0.717) is 28.8 Å². The number of fused-ring (bicyclic) bond motifs is 1. The van der Waals surface area contributed by atoms with Crippen molar-refractivity contribution in [2.45, 2.75) is 6.54 Å². The summed E-state index contributed by atoms with van der Waals surface area (Å²) in [6.07, 6.45) is 1.89. The highest BCUT2D eigenvalue weighted by atomic mass is 32.2. The maximum Gasteiger partial charge on any atom is 0.269 e. The maximum absolute atomic E-state index is 12.2. The molecule has 1 heterocycles. The number of benzene rings is 2. The van der Waals surface area contributed by atoms with Gasteiger partial charge in [-0.3, -0.25) is 20.6 Å². The number of nitrogens with zero attached hydrogens (tertiary/aromatic N) is 1. The van der Waals surface area contributed by atoms with Crippen LogP contribution < -0.4 is 20.3 Å². The summed E-state index contributed by atoms with van der Waals surface area (Å²) < 4.78 is 10.5. The number of hydrogen-bond acceptors (Lipinski definition) is 5. The van der Waals surface area contributed by atoms with Crippen LogP contribution in [0.25, 0.3) is 0 Å². The number of amides is 1. The van der Waals surface area contributed by atoms with Crippen molar-refractivity contribution in [3.63, 3.8) is 0 Å². The summed E-state index contributed by atoms with van der Waals surface area (Å²) in [6, 6.07) is 15.0. The van der Waals surface area contributed by atoms with Crippen molar-refractivity contribution in [1.29, 1.82) is 0 Å². The molecule has 1 amide bonds. The van der Waals surface area contributed by atoms with E-state index in [-0.39, 0.29) is 12.7 Å². The van der Waals surface area contributed by atoms with Gasteiger partial charge in [0.2, 0.25) is 6.79 Å². The Morgan fingerprint density at radius 3 is 2.71 bits per heavy atom. The summed E-state index contributed by atoms with van der Waals surface area (Å²) in [5.74, 6) is 0.953. The first-order valence-electron chi connectivity index (χ1n) is 7.34. The second kappa shape index (κ2) is 7.74. The van der Waals surface area contributed by atoms with E-state index in [1.54, 1.807) is 18.2 Å². The Morgan fingerprint density at radius 1 is 1.12 bits per heavy atom. The lowest BCUT2D eigenvalue weighted by Crippen LogP contribution is -2.40. The standard InChI is InChI=1S/C17H17N3O3S/c1-24-17(18-10-12-5-3-2-4-6-12)20-19-16(21)13-7-8-14-15(9-13)23-11-22-14/h2-9H,10-11H2,1H3,(H,18,20)(H,19,21). The summed E-state index contributed by atoms with van der Waals surface area (Å²) in [5.41, 5.74) is 7.07. The quantitative estimate of drug-likeness (QED) is 0.509. The molecule has 1 aliphatic rings. The minimum absolute atomic E-state index is 0.182. The van der Waals surface area contributed by atoms with Crippen molar-refractivity contribution in [3.05, 3.63) is 59.7 Å². The van der Waals surface area contributed by atoms with Crippen molar-refractivity contribution in [1.82, 2.24) is 10.9 Å². The molecule has 0 bridgehead atoms. The van der Waals surface area contributed by atoms with E-state index < -0.39 is 0 Å². The van der Waals surface area contributed by atoms with Gasteiger partial charge in [0, 0.05) is 5.56 Å². The van der Waals surface area contributed by atoms with E-state index in [1.807, 2.05) is 36.6 Å². The van der Waals surface area contributed by atoms with E-state index in [0.717, 1.165) is 5.56 Å². The predicted molar refractivity (Wildman–Crippen MR) is 94.3 cm³/mol. The number of hydrogen-bond donors (Lipinski definition) is 2. The molecule has 0 fully saturated rings. The van der Waals surface area contributed by atoms with Crippen molar-refractivity contribution < 1.29 is 14.3 Å². The van der Waals surface area contributed by atoms with Crippen LogP contribution in [0.2, 0.25) is 0 Å². The largest absolute Gasteiger partial charge is 0.454 e. The van der Waals surface area contributed by atoms with Crippen molar-refractivity contribution >= 4 is 22.8 Å². The van der Waals surface area contributed by atoms with Gasteiger partial charge in [0.15, 0.2) is 16.7 Å². The van der Waals surface area contributed by atoms with Crippen molar-refractivity contribution in [2.75, 3.05) is 13.0 Å². The normalized spacial score (nSPS) is 12.8. The number of aliphatic imine (C=N–C) groups is 1. The predicted octanol–water partition coefficient (Wildman–Crippen LogP) is 2.57. The van der Waals surface area contributed by atoms with E-state index in [4.69, 9.17) is 9.47 Å². The van der Waals surface area contributed by atoms with Crippen LogP contribution in [-0.2, 0) is 6.54 Å². The lowest BCUT2D eigenvalue weighted by Gasteiger charge is -2.10. The van der Waals surface area contributed by atoms with Crippen molar-refractivity contribution in [3.8, 4) is 11.5 Å². The first kappa shape index (κ1) is 16.2. The van der Waals surface area contributed by atoms with Gasteiger partial charge in [-0.2, -0.15) is 0 Å². The number of thioether (sulfide) groups is 1. The zero-order chi connectivity index (χ0) is 16.8. The molecule has 24 heavy (non-hydrogen) atoms. The second-order valence-corrected chi connectivity index (χ2v) is 5.75. The first-order valence-corrected chi connectivity index (χ1v) is 8.57. The lowest BCUT2D eigenvalue weighted by molar-refractivity contribution is 0.0944. The molecule has 0 aliphatic carbocycles. The zero-order valence-corrected chi connectivity index (χ0v) is 13.9. The lowest BCUT2D eigenvalue weighted by atomic mass is 10.2. The fourth-order valence-corrected chi connectivity index (χ4v) is 2.47. The van der Waals surface area contributed by atoms with Gasteiger partial charge in [-0.15, -0.1) is 0 Å². The molecule has 0 atom stereocenters. The molecule has 7 heteroatoms. The summed E-state index contributed by atoms with van der Waals surface area (Å²) in [7, 11) is 0. The summed E-state index contributed by atoms with van der Waals surface area (Å²) in [5, 5.41) is 0.632. The van der Waals surface area contributed by atoms with Gasteiger partial charge in [-0.25, -0.2) is 0 Å². The summed E-state index contributed by atoms with van der Waals surface area (Å²) in [4.78, 5) is 16.6. The third kappa shape index (κ3) is 3.99. The molecule has 0 radical (unpaired) electrons.